The van der Waals surface area contributed by atoms with Crippen LogP contribution in [0.2, 0.25) is 0 Å². The molecule has 0 saturated carbocycles. The number of aryl methyl sites for hydroxylation is 2. The van der Waals surface area contributed by atoms with Crippen LogP contribution in [0.1, 0.15) is 24.5 Å². The number of rotatable bonds is 5. The minimum Gasteiger partial charge on any atom is -0.772 e. The van der Waals surface area contributed by atoms with Crippen molar-refractivity contribution in [2.45, 2.75) is 32.4 Å². The van der Waals surface area contributed by atoms with E-state index < -0.39 is 16.3 Å². The first kappa shape index (κ1) is 14.0. The second-order valence-electron chi connectivity index (χ2n) is 4.11. The van der Waals surface area contributed by atoms with Crippen LogP contribution in [-0.2, 0) is 11.1 Å². The largest absolute Gasteiger partial charge is 0.772 e. The van der Waals surface area contributed by atoms with Crippen molar-refractivity contribution in [2.24, 2.45) is 0 Å². The Bertz CT molecular complexity index is 394. The van der Waals surface area contributed by atoms with Gasteiger partial charge in [0, 0.05) is 5.25 Å². The maximum atomic E-state index is 10.6. The predicted octanol–water partition coefficient (Wildman–Crippen LogP) is 2.05. The second kappa shape index (κ2) is 6.02. The average molecular weight is 257 g/mol. The standard InChI is InChI=1S/C12H18O4S/c1-8-6-11(7-9(2)12(8)13)16-5-4-10(3)17(14)15/h6-7,10,13H,4-5H2,1-3H3,(H,14,15)/p-1. The molecular formula is C12H17O4S-. The Kier molecular flexibility index (Phi) is 4.96. The fourth-order valence-electron chi connectivity index (χ4n) is 1.44. The molecule has 0 bridgehead atoms. The lowest BCUT2D eigenvalue weighted by Crippen LogP contribution is -2.14. The highest BCUT2D eigenvalue weighted by atomic mass is 32.2. The molecule has 0 aliphatic heterocycles. The van der Waals surface area contributed by atoms with Gasteiger partial charge < -0.3 is 14.4 Å². The summed E-state index contributed by atoms with van der Waals surface area (Å²) in [7, 11) is 0. The van der Waals surface area contributed by atoms with Crippen LogP contribution < -0.4 is 4.74 Å². The van der Waals surface area contributed by atoms with E-state index in [4.69, 9.17) is 4.74 Å². The minimum atomic E-state index is -2.05. The van der Waals surface area contributed by atoms with Crippen LogP contribution in [0.15, 0.2) is 12.1 Å². The number of ether oxygens (including phenoxy) is 1. The van der Waals surface area contributed by atoms with E-state index in [0.29, 0.717) is 18.8 Å². The van der Waals surface area contributed by atoms with E-state index >= 15 is 0 Å². The van der Waals surface area contributed by atoms with Crippen LogP contribution in [0.25, 0.3) is 0 Å². The molecular weight excluding hydrogens is 240 g/mol. The molecule has 0 radical (unpaired) electrons. The lowest BCUT2D eigenvalue weighted by molar-refractivity contribution is 0.307. The van der Waals surface area contributed by atoms with Crippen LogP contribution >= 0.6 is 0 Å². The van der Waals surface area contributed by atoms with Crippen molar-refractivity contribution in [1.29, 1.82) is 0 Å². The molecule has 96 valence electrons. The van der Waals surface area contributed by atoms with Gasteiger partial charge in [-0.25, -0.2) is 0 Å². The Balaban J connectivity index is 2.56. The van der Waals surface area contributed by atoms with E-state index in [0.717, 1.165) is 11.1 Å². The summed E-state index contributed by atoms with van der Waals surface area (Å²) in [5.41, 5.74) is 1.50. The smallest absolute Gasteiger partial charge is 0.121 e. The predicted molar refractivity (Wildman–Crippen MR) is 66.1 cm³/mol. The van der Waals surface area contributed by atoms with Crippen molar-refractivity contribution in [3.63, 3.8) is 0 Å². The lowest BCUT2D eigenvalue weighted by atomic mass is 10.1. The van der Waals surface area contributed by atoms with Gasteiger partial charge in [-0.05, 0) is 43.5 Å². The molecule has 0 aliphatic carbocycles. The van der Waals surface area contributed by atoms with Crippen molar-refractivity contribution >= 4 is 11.1 Å². The molecule has 0 aromatic heterocycles. The van der Waals surface area contributed by atoms with Crippen molar-refractivity contribution in [2.75, 3.05) is 6.61 Å². The van der Waals surface area contributed by atoms with E-state index in [-0.39, 0.29) is 5.75 Å². The molecule has 0 spiro atoms. The van der Waals surface area contributed by atoms with Crippen molar-refractivity contribution in [1.82, 2.24) is 0 Å². The monoisotopic (exact) mass is 257 g/mol. The summed E-state index contributed by atoms with van der Waals surface area (Å²) >= 11 is -2.05. The van der Waals surface area contributed by atoms with Gasteiger partial charge in [-0.15, -0.1) is 0 Å². The molecule has 0 aliphatic rings. The molecule has 0 amide bonds. The van der Waals surface area contributed by atoms with E-state index in [1.54, 1.807) is 32.9 Å². The number of benzene rings is 1. The molecule has 1 aromatic carbocycles. The van der Waals surface area contributed by atoms with Gasteiger partial charge in [0.05, 0.1) is 6.61 Å². The number of phenolic OH excluding ortho intramolecular Hbond substituents is 1. The average Bonchev–Trinajstić information content (AvgIpc) is 2.25. The molecule has 17 heavy (non-hydrogen) atoms. The van der Waals surface area contributed by atoms with Crippen LogP contribution in [0.5, 0.6) is 11.5 Å². The quantitative estimate of drug-likeness (QED) is 0.819. The molecule has 0 fully saturated rings. The molecule has 2 atom stereocenters. The van der Waals surface area contributed by atoms with E-state index in [1.807, 2.05) is 0 Å². The SMILES string of the molecule is Cc1cc(OCCC(C)S(=O)[O-])cc(C)c1O. The highest BCUT2D eigenvalue weighted by molar-refractivity contribution is 7.79. The molecule has 5 heteroatoms. The van der Waals surface area contributed by atoms with Crippen molar-refractivity contribution in [3.8, 4) is 11.5 Å². The van der Waals surface area contributed by atoms with Gasteiger partial charge >= 0.3 is 0 Å². The third-order valence-electron chi connectivity index (χ3n) is 2.59. The maximum absolute atomic E-state index is 10.6. The summed E-state index contributed by atoms with van der Waals surface area (Å²) in [6.07, 6.45) is 0.453. The summed E-state index contributed by atoms with van der Waals surface area (Å²) in [6.45, 7) is 5.58. The number of aromatic hydroxyl groups is 1. The Morgan fingerprint density at radius 1 is 1.41 bits per heavy atom. The normalized spacial score (nSPS) is 14.4. The third-order valence-corrected chi connectivity index (χ3v) is 3.48. The lowest BCUT2D eigenvalue weighted by Gasteiger charge is -2.15. The van der Waals surface area contributed by atoms with Gasteiger partial charge in [-0.3, -0.25) is 4.21 Å². The van der Waals surface area contributed by atoms with Crippen molar-refractivity contribution < 1.29 is 18.6 Å². The van der Waals surface area contributed by atoms with Gasteiger partial charge in [-0.2, -0.15) is 0 Å². The fourth-order valence-corrected chi connectivity index (χ4v) is 1.73. The zero-order valence-corrected chi connectivity index (χ0v) is 11.0. The molecule has 0 saturated heterocycles. The summed E-state index contributed by atoms with van der Waals surface area (Å²) in [5, 5.41) is 9.17. The molecule has 1 N–H and O–H groups in total. The Morgan fingerprint density at radius 3 is 2.41 bits per heavy atom. The molecule has 4 nitrogen and oxygen atoms in total. The maximum Gasteiger partial charge on any atom is 0.121 e. The number of hydrogen-bond donors (Lipinski definition) is 1. The first-order chi connectivity index (χ1) is 7.91. The fraction of sp³-hybridized carbons (Fsp3) is 0.500. The highest BCUT2D eigenvalue weighted by Gasteiger charge is 2.06. The van der Waals surface area contributed by atoms with Gasteiger partial charge in [0.15, 0.2) is 0 Å². The summed E-state index contributed by atoms with van der Waals surface area (Å²) in [5.74, 6) is 0.924. The van der Waals surface area contributed by atoms with Crippen LogP contribution in [0, 0.1) is 13.8 Å². The van der Waals surface area contributed by atoms with E-state index in [2.05, 4.69) is 0 Å². The minimum absolute atomic E-state index is 0.270. The second-order valence-corrected chi connectivity index (χ2v) is 5.44. The van der Waals surface area contributed by atoms with Gasteiger partial charge in [-0.1, -0.05) is 18.0 Å². The highest BCUT2D eigenvalue weighted by Crippen LogP contribution is 2.26. The van der Waals surface area contributed by atoms with Gasteiger partial charge in [0.2, 0.25) is 0 Å². The van der Waals surface area contributed by atoms with Crippen molar-refractivity contribution in [3.05, 3.63) is 23.3 Å². The first-order valence-electron chi connectivity index (χ1n) is 5.43. The Morgan fingerprint density at radius 2 is 1.94 bits per heavy atom. The van der Waals surface area contributed by atoms with Crippen LogP contribution in [0.3, 0.4) is 0 Å². The number of phenols is 1. The van der Waals surface area contributed by atoms with E-state index in [1.165, 1.54) is 0 Å². The first-order valence-corrected chi connectivity index (χ1v) is 6.56. The summed E-state index contributed by atoms with van der Waals surface area (Å²) in [4.78, 5) is 0. The summed E-state index contributed by atoms with van der Waals surface area (Å²) in [6, 6.07) is 3.47. The molecule has 1 aromatic rings. The van der Waals surface area contributed by atoms with Gasteiger partial charge in [0.1, 0.15) is 11.5 Å². The van der Waals surface area contributed by atoms with Crippen LogP contribution in [-0.4, -0.2) is 25.7 Å². The Labute approximate surface area is 104 Å². The van der Waals surface area contributed by atoms with E-state index in [9.17, 15) is 13.9 Å². The zero-order chi connectivity index (χ0) is 13.0. The topological polar surface area (TPSA) is 69.6 Å². The van der Waals surface area contributed by atoms with Gasteiger partial charge in [0.25, 0.3) is 0 Å². The summed E-state index contributed by atoms with van der Waals surface area (Å²) < 4.78 is 26.7. The molecule has 1 rings (SSSR count). The Hall–Kier alpha value is -1.07. The molecule has 2 unspecified atom stereocenters. The van der Waals surface area contributed by atoms with Crippen LogP contribution in [0.4, 0.5) is 0 Å². The third kappa shape index (κ3) is 4.02. The molecule has 0 heterocycles. The zero-order valence-electron chi connectivity index (χ0n) is 10.2. The number of hydrogen-bond acceptors (Lipinski definition) is 4.